The van der Waals surface area contributed by atoms with Crippen molar-refractivity contribution in [3.05, 3.63) is 35.4 Å². The van der Waals surface area contributed by atoms with E-state index in [2.05, 4.69) is 24.3 Å². The largest absolute Gasteiger partial charge is 0.465 e. The van der Waals surface area contributed by atoms with E-state index in [1.54, 1.807) is 7.11 Å². The lowest BCUT2D eigenvalue weighted by molar-refractivity contribution is -1.13. The molecule has 5 nitrogen and oxygen atoms in total. The number of hydrogen-bond acceptors (Lipinski definition) is 2. The highest BCUT2D eigenvalue weighted by Gasteiger charge is 2.45. The van der Waals surface area contributed by atoms with Crippen molar-refractivity contribution in [3.63, 3.8) is 0 Å². The van der Waals surface area contributed by atoms with Crippen LogP contribution in [0.4, 0.5) is 4.79 Å². The van der Waals surface area contributed by atoms with Crippen molar-refractivity contribution in [1.29, 1.82) is 0 Å². The van der Waals surface area contributed by atoms with Crippen LogP contribution in [0.15, 0.2) is 24.3 Å². The number of carboxylic acid groups (broad SMARTS) is 1. The molecule has 0 radical (unpaired) electrons. The van der Waals surface area contributed by atoms with Gasteiger partial charge in [0.15, 0.2) is 0 Å². The molecule has 0 bridgehead atoms. The Labute approximate surface area is 125 Å². The van der Waals surface area contributed by atoms with Gasteiger partial charge >= 0.3 is 6.09 Å². The van der Waals surface area contributed by atoms with Crippen LogP contribution in [0.5, 0.6) is 0 Å². The molecule has 1 aromatic rings. The van der Waals surface area contributed by atoms with Gasteiger partial charge in [0.05, 0.1) is 20.2 Å². The molecule has 1 aromatic carbocycles. The van der Waals surface area contributed by atoms with E-state index >= 15 is 0 Å². The maximum Gasteiger partial charge on any atom is 0.407 e. The highest BCUT2D eigenvalue weighted by atomic mass is 16.7. The van der Waals surface area contributed by atoms with Gasteiger partial charge < -0.3 is 5.11 Å². The number of hydrogen-bond donors (Lipinski definition) is 1. The average molecular weight is 291 g/mol. The van der Waals surface area contributed by atoms with E-state index in [1.807, 2.05) is 0 Å². The standard InChI is InChI=1S/C16H22N2O3/c1-21-18(11-9-17(10-12-18)16(19)20)15-8-4-6-13-5-2-3-7-14(13)15/h2-3,5,7,15H,4,6,8-12H2,1H3/p+1. The summed E-state index contributed by atoms with van der Waals surface area (Å²) in [5.74, 6) is 0. The van der Waals surface area contributed by atoms with Gasteiger partial charge in [-0.1, -0.05) is 24.3 Å². The molecule has 1 saturated heterocycles. The third-order valence-electron chi connectivity index (χ3n) is 5.04. The fraction of sp³-hybridized carbons (Fsp3) is 0.562. The zero-order valence-corrected chi connectivity index (χ0v) is 12.5. The number of nitrogens with zero attached hydrogens (tertiary/aromatic N) is 2. The molecule has 0 aromatic heterocycles. The summed E-state index contributed by atoms with van der Waals surface area (Å²) >= 11 is 0. The summed E-state index contributed by atoms with van der Waals surface area (Å²) in [5, 5.41) is 9.13. The van der Waals surface area contributed by atoms with Crippen molar-refractivity contribution >= 4 is 6.09 Å². The quantitative estimate of drug-likeness (QED) is 0.851. The van der Waals surface area contributed by atoms with Crippen LogP contribution < -0.4 is 0 Å². The molecule has 1 heterocycles. The van der Waals surface area contributed by atoms with Crippen LogP contribution in [0.1, 0.15) is 30.0 Å². The number of aryl methyl sites for hydroxylation is 1. The van der Waals surface area contributed by atoms with Crippen LogP contribution in [0.25, 0.3) is 0 Å². The van der Waals surface area contributed by atoms with E-state index in [4.69, 9.17) is 9.94 Å². The Morgan fingerprint density at radius 3 is 2.71 bits per heavy atom. The normalized spacial score (nSPS) is 24.4. The minimum Gasteiger partial charge on any atom is -0.465 e. The molecule has 114 valence electrons. The second-order valence-electron chi connectivity index (χ2n) is 5.96. The summed E-state index contributed by atoms with van der Waals surface area (Å²) in [6, 6.07) is 8.94. The molecule has 5 heteroatoms. The van der Waals surface area contributed by atoms with Crippen LogP contribution >= 0.6 is 0 Å². The SMILES string of the molecule is CO[N+]1(C2CCCc3ccccc32)CCN(C(=O)O)CC1. The first-order valence-electron chi connectivity index (χ1n) is 7.64. The number of hydroxylamine groups is 3. The Morgan fingerprint density at radius 1 is 1.33 bits per heavy atom. The van der Waals surface area contributed by atoms with E-state index in [0.29, 0.717) is 23.8 Å². The summed E-state index contributed by atoms with van der Waals surface area (Å²) in [6.45, 7) is 2.54. The predicted molar refractivity (Wildman–Crippen MR) is 78.7 cm³/mol. The van der Waals surface area contributed by atoms with Crippen molar-refractivity contribution in [2.75, 3.05) is 33.3 Å². The number of quaternary nitrogens is 1. The zero-order chi connectivity index (χ0) is 14.9. The fourth-order valence-corrected chi connectivity index (χ4v) is 3.83. The van der Waals surface area contributed by atoms with Gasteiger partial charge in [0.25, 0.3) is 0 Å². The summed E-state index contributed by atoms with van der Waals surface area (Å²) in [5.41, 5.74) is 2.80. The molecule has 1 fully saturated rings. The summed E-state index contributed by atoms with van der Waals surface area (Å²) in [4.78, 5) is 18.5. The molecule has 1 aliphatic heterocycles. The summed E-state index contributed by atoms with van der Waals surface area (Å²) in [6.07, 6.45) is 2.59. The number of rotatable bonds is 2. The Hall–Kier alpha value is -1.59. The summed E-state index contributed by atoms with van der Waals surface area (Å²) in [7, 11) is 1.76. The first kappa shape index (κ1) is 14.4. The zero-order valence-electron chi connectivity index (χ0n) is 12.5. The molecule has 1 aliphatic carbocycles. The minimum atomic E-state index is -0.826. The maximum atomic E-state index is 11.1. The number of amides is 1. The highest BCUT2D eigenvalue weighted by Crippen LogP contribution is 2.40. The monoisotopic (exact) mass is 291 g/mol. The van der Waals surface area contributed by atoms with Gasteiger partial charge in [-0.05, 0) is 18.4 Å². The van der Waals surface area contributed by atoms with Gasteiger partial charge in [-0.3, -0.25) is 4.90 Å². The molecule has 0 spiro atoms. The third-order valence-corrected chi connectivity index (χ3v) is 5.04. The molecule has 2 aliphatic rings. The molecule has 1 atom stereocenters. The third kappa shape index (κ3) is 2.51. The van der Waals surface area contributed by atoms with E-state index in [0.717, 1.165) is 25.9 Å². The highest BCUT2D eigenvalue weighted by molar-refractivity contribution is 5.64. The number of piperazine rings is 1. The van der Waals surface area contributed by atoms with Crippen LogP contribution in [0, 0.1) is 0 Å². The fourth-order valence-electron chi connectivity index (χ4n) is 3.83. The lowest BCUT2D eigenvalue weighted by Gasteiger charge is -2.46. The van der Waals surface area contributed by atoms with Gasteiger partial charge in [0.2, 0.25) is 0 Å². The van der Waals surface area contributed by atoms with Crippen LogP contribution in [-0.2, 0) is 11.3 Å². The van der Waals surface area contributed by atoms with Crippen molar-refractivity contribution in [3.8, 4) is 0 Å². The molecular weight excluding hydrogens is 268 g/mol. The van der Waals surface area contributed by atoms with E-state index < -0.39 is 6.09 Å². The Kier molecular flexibility index (Phi) is 3.87. The maximum absolute atomic E-state index is 11.1. The first-order valence-corrected chi connectivity index (χ1v) is 7.64. The van der Waals surface area contributed by atoms with Crippen LogP contribution in [0.2, 0.25) is 0 Å². The van der Waals surface area contributed by atoms with E-state index in [9.17, 15) is 4.79 Å². The molecule has 21 heavy (non-hydrogen) atoms. The van der Waals surface area contributed by atoms with Gasteiger partial charge in [0, 0.05) is 12.0 Å². The van der Waals surface area contributed by atoms with Crippen molar-refractivity contribution < 1.29 is 19.4 Å². The van der Waals surface area contributed by atoms with Gasteiger partial charge in [-0.25, -0.2) is 9.63 Å². The number of carbonyl (C=O) groups is 1. The van der Waals surface area contributed by atoms with Crippen molar-refractivity contribution in [1.82, 2.24) is 4.90 Å². The lowest BCUT2D eigenvalue weighted by atomic mass is 9.86. The first-order chi connectivity index (χ1) is 10.2. The molecule has 1 amide bonds. The van der Waals surface area contributed by atoms with Crippen LogP contribution in [0.3, 0.4) is 0 Å². The molecule has 1 N–H and O–H groups in total. The smallest absolute Gasteiger partial charge is 0.407 e. The molecule has 3 rings (SSSR count). The average Bonchev–Trinajstić information content (AvgIpc) is 2.54. The lowest BCUT2D eigenvalue weighted by Crippen LogP contribution is -2.61. The van der Waals surface area contributed by atoms with Crippen molar-refractivity contribution in [2.45, 2.75) is 25.3 Å². The van der Waals surface area contributed by atoms with Crippen molar-refractivity contribution in [2.24, 2.45) is 0 Å². The van der Waals surface area contributed by atoms with E-state index in [-0.39, 0.29) is 0 Å². The second-order valence-corrected chi connectivity index (χ2v) is 5.96. The van der Waals surface area contributed by atoms with Gasteiger partial charge in [-0.2, -0.15) is 4.65 Å². The Balaban J connectivity index is 1.86. The van der Waals surface area contributed by atoms with Gasteiger partial charge in [-0.15, -0.1) is 0 Å². The molecule has 0 saturated carbocycles. The van der Waals surface area contributed by atoms with Crippen LogP contribution in [-0.4, -0.2) is 54.0 Å². The topological polar surface area (TPSA) is 49.8 Å². The van der Waals surface area contributed by atoms with E-state index in [1.165, 1.54) is 22.4 Å². The van der Waals surface area contributed by atoms with Gasteiger partial charge in [0.1, 0.15) is 19.1 Å². The number of benzene rings is 1. The Morgan fingerprint density at radius 2 is 2.05 bits per heavy atom. The predicted octanol–water partition coefficient (Wildman–Crippen LogP) is 2.44. The summed E-state index contributed by atoms with van der Waals surface area (Å²) < 4.78 is 0.556. The minimum absolute atomic E-state index is 0.330. The Bertz CT molecular complexity index is 524. The number of fused-ring (bicyclic) bond motifs is 1. The second kappa shape index (κ2) is 5.66. The molecule has 1 unspecified atom stereocenters. The molecular formula is C16H23N2O3+.